The smallest absolute Gasteiger partial charge is 0.290 e. The second kappa shape index (κ2) is 8.01. The second-order valence-electron chi connectivity index (χ2n) is 8.08. The third-order valence-electron chi connectivity index (χ3n) is 5.92. The maximum absolute atomic E-state index is 13.5. The number of nitrogens with zero attached hydrogens (tertiary/aromatic N) is 4. The minimum absolute atomic E-state index is 0.0299. The van der Waals surface area contributed by atoms with Gasteiger partial charge in [-0.05, 0) is 43.2 Å². The summed E-state index contributed by atoms with van der Waals surface area (Å²) < 4.78 is 7.85. The van der Waals surface area contributed by atoms with E-state index in [2.05, 4.69) is 4.98 Å². The van der Waals surface area contributed by atoms with Crippen LogP contribution in [0.5, 0.6) is 0 Å². The van der Waals surface area contributed by atoms with Gasteiger partial charge in [-0.1, -0.05) is 11.6 Å². The van der Waals surface area contributed by atoms with E-state index in [1.807, 2.05) is 23.8 Å². The lowest BCUT2D eigenvalue weighted by atomic mass is 9.98. The van der Waals surface area contributed by atoms with Crippen molar-refractivity contribution >= 4 is 22.6 Å². The fourth-order valence-corrected chi connectivity index (χ4v) is 4.33. The molecule has 1 aliphatic heterocycles. The molecular weight excluding hydrogens is 424 g/mol. The Hall–Kier alpha value is -4.27. The van der Waals surface area contributed by atoms with Crippen molar-refractivity contribution in [1.82, 2.24) is 14.5 Å². The summed E-state index contributed by atoms with van der Waals surface area (Å²) in [6, 6.07) is 10.5. The number of nitro benzene ring substituents is 1. The number of aryl methyl sites for hydroxylation is 2. The normalized spacial score (nSPS) is 15.2. The van der Waals surface area contributed by atoms with Gasteiger partial charge in [-0.25, -0.2) is 4.98 Å². The number of nitro groups is 1. The Balaban J connectivity index is 1.60. The van der Waals surface area contributed by atoms with Crippen molar-refractivity contribution in [3.05, 3.63) is 104 Å². The molecule has 1 amide bonds. The lowest BCUT2D eigenvalue weighted by Gasteiger charge is -2.25. The van der Waals surface area contributed by atoms with E-state index in [0.717, 1.165) is 5.56 Å². The number of amides is 1. The molecule has 0 saturated heterocycles. The van der Waals surface area contributed by atoms with Crippen molar-refractivity contribution in [2.45, 2.75) is 25.9 Å². The third kappa shape index (κ3) is 3.57. The van der Waals surface area contributed by atoms with Gasteiger partial charge < -0.3 is 13.9 Å². The molecule has 1 atom stereocenters. The number of rotatable bonds is 6. The molecule has 0 radical (unpaired) electrons. The maximum Gasteiger partial charge on any atom is 0.290 e. The van der Waals surface area contributed by atoms with E-state index in [1.54, 1.807) is 41.7 Å². The van der Waals surface area contributed by atoms with Crippen LogP contribution in [0.25, 0.3) is 11.0 Å². The van der Waals surface area contributed by atoms with Crippen LogP contribution in [-0.2, 0) is 6.54 Å². The number of carbonyl (C=O) groups excluding carboxylic acids is 1. The molecule has 3 heterocycles. The number of non-ortho nitro benzene ring substituents is 1. The summed E-state index contributed by atoms with van der Waals surface area (Å²) in [7, 11) is 0. The Labute approximate surface area is 188 Å². The van der Waals surface area contributed by atoms with Crippen molar-refractivity contribution in [3.63, 3.8) is 0 Å². The van der Waals surface area contributed by atoms with Gasteiger partial charge in [0.25, 0.3) is 11.6 Å². The first kappa shape index (κ1) is 20.6. The van der Waals surface area contributed by atoms with Gasteiger partial charge in [-0.2, -0.15) is 0 Å². The van der Waals surface area contributed by atoms with Crippen molar-refractivity contribution in [2.75, 3.05) is 6.54 Å². The summed E-state index contributed by atoms with van der Waals surface area (Å²) in [5.74, 6) is -0.333. The van der Waals surface area contributed by atoms with Gasteiger partial charge >= 0.3 is 0 Å². The molecule has 0 saturated carbocycles. The average molecular weight is 444 g/mol. The highest BCUT2D eigenvalue weighted by Gasteiger charge is 2.42. The standard InChI is InChI=1S/C24H20N4O5/c1-15-3-8-19-18(13-15)22(29)20-21(16-4-6-17(7-5-16)28(31)32)27(24(30)23(20)33-19)11-2-10-26-12-9-25-14-26/h3-9,12-14,21H,2,10-11H2,1H3. The summed E-state index contributed by atoms with van der Waals surface area (Å²) in [6.07, 6.45) is 5.86. The monoisotopic (exact) mass is 444 g/mol. The van der Waals surface area contributed by atoms with E-state index < -0.39 is 11.0 Å². The van der Waals surface area contributed by atoms with Crippen LogP contribution in [0.4, 0.5) is 5.69 Å². The van der Waals surface area contributed by atoms with Crippen LogP contribution in [0.15, 0.2) is 70.4 Å². The molecule has 9 nitrogen and oxygen atoms in total. The lowest BCUT2D eigenvalue weighted by Crippen LogP contribution is -2.31. The predicted octanol–water partition coefficient (Wildman–Crippen LogP) is 3.84. The molecule has 1 aliphatic rings. The first-order valence-corrected chi connectivity index (χ1v) is 10.5. The number of fused-ring (bicyclic) bond motifs is 2. The number of benzene rings is 2. The molecular formula is C24H20N4O5. The quantitative estimate of drug-likeness (QED) is 0.330. The van der Waals surface area contributed by atoms with Crippen molar-refractivity contribution in [3.8, 4) is 0 Å². The Morgan fingerprint density at radius 3 is 2.61 bits per heavy atom. The molecule has 0 aliphatic carbocycles. The molecule has 5 rings (SSSR count). The van der Waals surface area contributed by atoms with Crippen LogP contribution in [-0.4, -0.2) is 31.8 Å². The fourth-order valence-electron chi connectivity index (χ4n) is 4.33. The van der Waals surface area contributed by atoms with E-state index in [-0.39, 0.29) is 28.3 Å². The van der Waals surface area contributed by atoms with Gasteiger partial charge in [-0.15, -0.1) is 0 Å². The van der Waals surface area contributed by atoms with Crippen LogP contribution in [0.3, 0.4) is 0 Å². The molecule has 1 unspecified atom stereocenters. The molecule has 0 N–H and O–H groups in total. The van der Waals surface area contributed by atoms with Crippen molar-refractivity contribution < 1.29 is 14.1 Å². The highest BCUT2D eigenvalue weighted by Crippen LogP contribution is 2.38. The van der Waals surface area contributed by atoms with Gasteiger partial charge in [0, 0.05) is 37.6 Å². The Kier molecular flexibility index (Phi) is 5.01. The van der Waals surface area contributed by atoms with Crippen LogP contribution >= 0.6 is 0 Å². The second-order valence-corrected chi connectivity index (χ2v) is 8.08. The summed E-state index contributed by atoms with van der Waals surface area (Å²) in [5.41, 5.74) is 1.84. The molecule has 2 aromatic carbocycles. The van der Waals surface area contributed by atoms with Crippen LogP contribution in [0, 0.1) is 17.0 Å². The number of carbonyl (C=O) groups is 1. The highest BCUT2D eigenvalue weighted by molar-refractivity contribution is 5.99. The van der Waals surface area contributed by atoms with Gasteiger partial charge in [0.2, 0.25) is 5.76 Å². The maximum atomic E-state index is 13.5. The minimum Gasteiger partial charge on any atom is -0.450 e. The Morgan fingerprint density at radius 2 is 1.91 bits per heavy atom. The van der Waals surface area contributed by atoms with Crippen LogP contribution in [0.1, 0.15) is 39.7 Å². The van der Waals surface area contributed by atoms with Crippen LogP contribution in [0.2, 0.25) is 0 Å². The number of hydrogen-bond donors (Lipinski definition) is 0. The van der Waals surface area contributed by atoms with Crippen molar-refractivity contribution in [1.29, 1.82) is 0 Å². The Bertz CT molecular complexity index is 1420. The number of hydrogen-bond acceptors (Lipinski definition) is 6. The lowest BCUT2D eigenvalue weighted by molar-refractivity contribution is -0.384. The number of aromatic nitrogens is 2. The first-order valence-electron chi connectivity index (χ1n) is 10.5. The predicted molar refractivity (Wildman–Crippen MR) is 120 cm³/mol. The Morgan fingerprint density at radius 1 is 1.12 bits per heavy atom. The zero-order valence-electron chi connectivity index (χ0n) is 17.8. The average Bonchev–Trinajstić information content (AvgIpc) is 3.42. The summed E-state index contributed by atoms with van der Waals surface area (Å²) in [4.78, 5) is 43.2. The largest absolute Gasteiger partial charge is 0.450 e. The molecule has 4 aromatic rings. The number of imidazole rings is 1. The zero-order chi connectivity index (χ0) is 23.1. The SMILES string of the molecule is Cc1ccc2oc3c(c(=O)c2c1)C(c1ccc([N+](=O)[O-])cc1)N(CCCn1ccnc1)C3=O. The van der Waals surface area contributed by atoms with E-state index >= 15 is 0 Å². The topological polar surface area (TPSA) is 111 Å². The minimum atomic E-state index is -0.683. The van der Waals surface area contributed by atoms with Gasteiger partial charge in [0.1, 0.15) is 5.58 Å². The highest BCUT2D eigenvalue weighted by atomic mass is 16.6. The first-order chi connectivity index (χ1) is 15.9. The summed E-state index contributed by atoms with van der Waals surface area (Å²) in [6.45, 7) is 2.90. The molecule has 2 aromatic heterocycles. The van der Waals surface area contributed by atoms with E-state index in [4.69, 9.17) is 4.42 Å². The molecule has 0 bridgehead atoms. The van der Waals surface area contributed by atoms with E-state index in [0.29, 0.717) is 36.0 Å². The van der Waals surface area contributed by atoms with Crippen LogP contribution < -0.4 is 5.43 Å². The van der Waals surface area contributed by atoms with Gasteiger partial charge in [-0.3, -0.25) is 19.7 Å². The molecule has 166 valence electrons. The molecule has 0 fully saturated rings. The summed E-state index contributed by atoms with van der Waals surface area (Å²) >= 11 is 0. The van der Waals surface area contributed by atoms with E-state index in [9.17, 15) is 19.7 Å². The molecule has 33 heavy (non-hydrogen) atoms. The third-order valence-corrected chi connectivity index (χ3v) is 5.92. The molecule has 0 spiro atoms. The van der Waals surface area contributed by atoms with E-state index in [1.165, 1.54) is 12.1 Å². The van der Waals surface area contributed by atoms with Gasteiger partial charge in [0.05, 0.1) is 28.2 Å². The van der Waals surface area contributed by atoms with Crippen molar-refractivity contribution in [2.24, 2.45) is 0 Å². The van der Waals surface area contributed by atoms with Gasteiger partial charge in [0.15, 0.2) is 5.43 Å². The fraction of sp³-hybridized carbons (Fsp3) is 0.208. The molecule has 9 heteroatoms. The summed E-state index contributed by atoms with van der Waals surface area (Å²) in [5, 5.41) is 11.5. The zero-order valence-corrected chi connectivity index (χ0v) is 17.8.